The number of hydrogen-bond acceptors (Lipinski definition) is 4. The highest BCUT2D eigenvalue weighted by Gasteiger charge is 2.45. The summed E-state index contributed by atoms with van der Waals surface area (Å²) < 4.78 is 20.3. The maximum Gasteiger partial charge on any atom is 0.307 e. The van der Waals surface area contributed by atoms with E-state index in [0.29, 0.717) is 36.3 Å². The van der Waals surface area contributed by atoms with Crippen molar-refractivity contribution in [3.05, 3.63) is 65.7 Å². The molecule has 4 rings (SSSR count). The number of nitrogens with zero attached hydrogens (tertiary/aromatic N) is 2. The normalized spacial score (nSPS) is 18.3. The van der Waals surface area contributed by atoms with Gasteiger partial charge in [-0.2, -0.15) is 5.10 Å². The molecule has 7 heteroatoms. The molecule has 0 saturated heterocycles. The zero-order valence-electron chi connectivity index (χ0n) is 14.4. The van der Waals surface area contributed by atoms with Gasteiger partial charge in [0.1, 0.15) is 11.6 Å². The molecule has 2 atom stereocenters. The van der Waals surface area contributed by atoms with Gasteiger partial charge in [0.2, 0.25) is 0 Å². The Hall–Kier alpha value is -3.22. The van der Waals surface area contributed by atoms with Gasteiger partial charge >= 0.3 is 5.97 Å². The number of rotatable bonds is 7. The van der Waals surface area contributed by atoms with Crippen LogP contribution in [0.1, 0.15) is 23.5 Å². The van der Waals surface area contributed by atoms with Crippen LogP contribution in [-0.2, 0) is 11.2 Å². The predicted molar refractivity (Wildman–Crippen MR) is 95.9 cm³/mol. The van der Waals surface area contributed by atoms with Crippen LogP contribution in [0.25, 0.3) is 11.4 Å². The molecular formula is C20H18FN3O3. The van der Waals surface area contributed by atoms with Crippen molar-refractivity contribution in [2.45, 2.75) is 18.8 Å². The first-order chi connectivity index (χ1) is 13.1. The number of carboxylic acids is 1. The van der Waals surface area contributed by atoms with E-state index in [4.69, 9.17) is 9.84 Å². The monoisotopic (exact) mass is 367 g/mol. The Kier molecular flexibility index (Phi) is 4.58. The lowest BCUT2D eigenvalue weighted by atomic mass is 10.0. The van der Waals surface area contributed by atoms with Gasteiger partial charge in [0.25, 0.3) is 0 Å². The lowest BCUT2D eigenvalue weighted by Crippen LogP contribution is -2.06. The van der Waals surface area contributed by atoms with E-state index in [1.165, 1.54) is 0 Å². The lowest BCUT2D eigenvalue weighted by Gasteiger charge is -2.09. The third kappa shape index (κ3) is 3.67. The molecule has 6 nitrogen and oxygen atoms in total. The van der Waals surface area contributed by atoms with Crippen LogP contribution in [0.5, 0.6) is 5.75 Å². The van der Waals surface area contributed by atoms with Crippen LogP contribution in [0.15, 0.2) is 48.8 Å². The van der Waals surface area contributed by atoms with Crippen LogP contribution in [0.3, 0.4) is 0 Å². The topological polar surface area (TPSA) is 88.1 Å². The van der Waals surface area contributed by atoms with Crippen LogP contribution >= 0.6 is 0 Å². The number of aromatic amines is 1. The first-order valence-corrected chi connectivity index (χ1v) is 8.72. The molecule has 3 aromatic rings. The maximum atomic E-state index is 14.7. The van der Waals surface area contributed by atoms with Crippen molar-refractivity contribution >= 4 is 5.97 Å². The molecule has 1 saturated carbocycles. The zero-order chi connectivity index (χ0) is 18.8. The second-order valence-electron chi connectivity index (χ2n) is 6.56. The third-order valence-corrected chi connectivity index (χ3v) is 4.77. The Morgan fingerprint density at radius 3 is 2.85 bits per heavy atom. The van der Waals surface area contributed by atoms with Crippen molar-refractivity contribution in [3.8, 4) is 17.1 Å². The van der Waals surface area contributed by atoms with Crippen LogP contribution in [-0.4, -0.2) is 32.9 Å². The van der Waals surface area contributed by atoms with Crippen molar-refractivity contribution in [2.75, 3.05) is 6.61 Å². The summed E-state index contributed by atoms with van der Waals surface area (Å²) >= 11 is 0. The van der Waals surface area contributed by atoms with Gasteiger partial charge in [-0.1, -0.05) is 18.2 Å². The molecule has 0 radical (unpaired) electrons. The number of carbonyl (C=O) groups is 1. The number of aliphatic carboxylic acids is 1. The third-order valence-electron chi connectivity index (χ3n) is 4.77. The Labute approximate surface area is 155 Å². The molecule has 1 aromatic carbocycles. The summed E-state index contributed by atoms with van der Waals surface area (Å²) in [5.74, 6) is -1.27. The number of ether oxygens (including phenoxy) is 1. The number of nitrogens with one attached hydrogen (secondary N) is 1. The van der Waals surface area contributed by atoms with Gasteiger partial charge in [-0.25, -0.2) is 4.39 Å². The Morgan fingerprint density at radius 1 is 1.30 bits per heavy atom. The molecule has 0 amide bonds. The average molecular weight is 367 g/mol. The van der Waals surface area contributed by atoms with Crippen molar-refractivity contribution in [1.82, 2.24) is 15.2 Å². The minimum Gasteiger partial charge on any atom is -0.492 e. The van der Waals surface area contributed by atoms with E-state index < -0.39 is 11.9 Å². The standard InChI is InChI=1S/C20H18FN3O3/c21-19-12(2-1-3-14(19)15-10-16(15)20(25)26)7-9-27-13-4-5-17(22-11-13)18-6-8-23-24-18/h1-6,8,11,15-16H,7,9-10H2,(H,23,24)(H,25,26)/t15-,16+/m0/s1. The largest absolute Gasteiger partial charge is 0.492 e. The van der Waals surface area contributed by atoms with E-state index >= 15 is 0 Å². The summed E-state index contributed by atoms with van der Waals surface area (Å²) in [4.78, 5) is 15.3. The number of halogens is 1. The fourth-order valence-corrected chi connectivity index (χ4v) is 3.19. The second-order valence-corrected chi connectivity index (χ2v) is 6.56. The molecular weight excluding hydrogens is 349 g/mol. The van der Waals surface area contributed by atoms with E-state index in [1.54, 1.807) is 36.7 Å². The van der Waals surface area contributed by atoms with E-state index in [1.807, 2.05) is 12.1 Å². The smallest absolute Gasteiger partial charge is 0.307 e. The van der Waals surface area contributed by atoms with Gasteiger partial charge in [0.05, 0.1) is 30.1 Å². The number of hydrogen-bond donors (Lipinski definition) is 2. The molecule has 2 heterocycles. The number of H-pyrrole nitrogens is 1. The summed E-state index contributed by atoms with van der Waals surface area (Å²) in [6.07, 6.45) is 4.17. The van der Waals surface area contributed by atoms with Gasteiger partial charge in [-0.3, -0.25) is 14.9 Å². The predicted octanol–water partition coefficient (Wildman–Crippen LogP) is 3.42. The van der Waals surface area contributed by atoms with Crippen LogP contribution in [0, 0.1) is 11.7 Å². The van der Waals surface area contributed by atoms with Crippen molar-refractivity contribution in [2.24, 2.45) is 5.92 Å². The first kappa shape index (κ1) is 17.2. The fraction of sp³-hybridized carbons (Fsp3) is 0.250. The van der Waals surface area contributed by atoms with E-state index in [2.05, 4.69) is 15.2 Å². The molecule has 1 aliphatic rings. The molecule has 27 heavy (non-hydrogen) atoms. The zero-order valence-corrected chi connectivity index (χ0v) is 14.4. The summed E-state index contributed by atoms with van der Waals surface area (Å²) in [6, 6.07) is 10.6. The molecule has 0 unspecified atom stereocenters. The summed E-state index contributed by atoms with van der Waals surface area (Å²) in [5.41, 5.74) is 2.60. The minimum atomic E-state index is -0.862. The van der Waals surface area contributed by atoms with Crippen molar-refractivity contribution in [3.63, 3.8) is 0 Å². The van der Waals surface area contributed by atoms with E-state index in [9.17, 15) is 9.18 Å². The van der Waals surface area contributed by atoms with Crippen LogP contribution in [0.4, 0.5) is 4.39 Å². The molecule has 1 aliphatic carbocycles. The Balaban J connectivity index is 1.36. The highest BCUT2D eigenvalue weighted by atomic mass is 19.1. The molecule has 0 aliphatic heterocycles. The van der Waals surface area contributed by atoms with Gasteiger partial charge in [-0.15, -0.1) is 0 Å². The molecule has 2 N–H and O–H groups in total. The van der Waals surface area contributed by atoms with Crippen molar-refractivity contribution < 1.29 is 19.0 Å². The van der Waals surface area contributed by atoms with Gasteiger partial charge in [-0.05, 0) is 35.7 Å². The quantitative estimate of drug-likeness (QED) is 0.668. The molecule has 2 aromatic heterocycles. The molecule has 1 fully saturated rings. The maximum absolute atomic E-state index is 14.7. The highest BCUT2D eigenvalue weighted by molar-refractivity contribution is 5.75. The van der Waals surface area contributed by atoms with Gasteiger partial charge < -0.3 is 9.84 Å². The first-order valence-electron chi connectivity index (χ1n) is 8.72. The van der Waals surface area contributed by atoms with Crippen molar-refractivity contribution in [1.29, 1.82) is 0 Å². The summed E-state index contributed by atoms with van der Waals surface area (Å²) in [7, 11) is 0. The number of pyridine rings is 1. The summed E-state index contributed by atoms with van der Waals surface area (Å²) in [5, 5.41) is 15.8. The SMILES string of the molecule is O=C(O)[C@@H]1C[C@H]1c1cccc(CCOc2ccc(-c3ccn[nH]3)nc2)c1F. The summed E-state index contributed by atoms with van der Waals surface area (Å²) in [6.45, 7) is 0.304. The molecule has 0 spiro atoms. The van der Waals surface area contributed by atoms with E-state index in [-0.39, 0.29) is 11.7 Å². The minimum absolute atomic E-state index is 0.220. The highest BCUT2D eigenvalue weighted by Crippen LogP contribution is 2.48. The number of benzene rings is 1. The molecule has 138 valence electrons. The number of carboxylic acid groups (broad SMARTS) is 1. The Morgan fingerprint density at radius 2 is 2.19 bits per heavy atom. The van der Waals surface area contributed by atoms with Crippen LogP contribution in [0.2, 0.25) is 0 Å². The molecule has 0 bridgehead atoms. The fourth-order valence-electron chi connectivity index (χ4n) is 3.19. The average Bonchev–Trinajstić information content (AvgIpc) is 3.28. The Bertz CT molecular complexity index is 942. The van der Waals surface area contributed by atoms with Gasteiger partial charge in [0.15, 0.2) is 0 Å². The van der Waals surface area contributed by atoms with Crippen LogP contribution < -0.4 is 4.74 Å². The second kappa shape index (κ2) is 7.19. The van der Waals surface area contributed by atoms with E-state index in [0.717, 1.165) is 11.4 Å². The van der Waals surface area contributed by atoms with Gasteiger partial charge in [0, 0.05) is 18.5 Å². The number of aromatic nitrogens is 3. The lowest BCUT2D eigenvalue weighted by molar-refractivity contribution is -0.138.